The predicted octanol–water partition coefficient (Wildman–Crippen LogP) is 2.05. The Labute approximate surface area is 132 Å². The van der Waals surface area contributed by atoms with Crippen LogP contribution in [0.15, 0.2) is 29.2 Å². The molecule has 7 heteroatoms. The summed E-state index contributed by atoms with van der Waals surface area (Å²) in [7, 11) is -2.26. The molecule has 0 aromatic heterocycles. The highest BCUT2D eigenvalue weighted by Crippen LogP contribution is 2.22. The van der Waals surface area contributed by atoms with E-state index in [0.29, 0.717) is 12.2 Å². The second-order valence-corrected chi connectivity index (χ2v) is 6.68. The number of hydrogen-bond acceptors (Lipinski definition) is 5. The van der Waals surface area contributed by atoms with Crippen LogP contribution >= 0.6 is 0 Å². The maximum absolute atomic E-state index is 12.7. The zero-order valence-corrected chi connectivity index (χ0v) is 14.2. The lowest BCUT2D eigenvalue weighted by Gasteiger charge is -2.26. The first-order chi connectivity index (χ1) is 10.4. The number of carbonyl (C=O) groups excluding carboxylic acids is 1. The molecule has 0 amide bonds. The van der Waals surface area contributed by atoms with Crippen molar-refractivity contribution in [1.29, 1.82) is 0 Å². The molecule has 6 nitrogen and oxygen atoms in total. The van der Waals surface area contributed by atoms with Gasteiger partial charge in [-0.25, -0.2) is 8.42 Å². The first kappa shape index (κ1) is 18.4. The third kappa shape index (κ3) is 4.45. The van der Waals surface area contributed by atoms with Gasteiger partial charge in [-0.15, -0.1) is 0 Å². The summed E-state index contributed by atoms with van der Waals surface area (Å²) in [4.78, 5) is 11.8. The molecular formula is C15H23NO5S. The minimum atomic E-state index is -3.77. The van der Waals surface area contributed by atoms with Crippen molar-refractivity contribution in [1.82, 2.24) is 4.31 Å². The first-order valence-electron chi connectivity index (χ1n) is 7.18. The molecule has 0 radical (unpaired) electrons. The van der Waals surface area contributed by atoms with Gasteiger partial charge in [-0.1, -0.05) is 6.92 Å². The van der Waals surface area contributed by atoms with Crippen LogP contribution in [0.4, 0.5) is 0 Å². The summed E-state index contributed by atoms with van der Waals surface area (Å²) >= 11 is 0. The standard InChI is InChI=1S/C15H23NO5S/c1-5-12(3)16(11-15(17)21-6-2)22(18,19)14-9-7-13(20-4)8-10-14/h7-10,12H,5-6,11H2,1-4H3. The summed E-state index contributed by atoms with van der Waals surface area (Å²) in [6.07, 6.45) is 0.592. The largest absolute Gasteiger partial charge is 0.497 e. The minimum absolute atomic E-state index is 0.123. The Kier molecular flexibility index (Phi) is 6.83. The number of ether oxygens (including phenoxy) is 2. The van der Waals surface area contributed by atoms with Crippen LogP contribution in [0.5, 0.6) is 5.75 Å². The number of benzene rings is 1. The van der Waals surface area contributed by atoms with E-state index in [1.54, 1.807) is 26.0 Å². The summed E-state index contributed by atoms with van der Waals surface area (Å²) in [5, 5.41) is 0. The smallest absolute Gasteiger partial charge is 0.321 e. The molecular weight excluding hydrogens is 306 g/mol. The molecule has 0 saturated carbocycles. The monoisotopic (exact) mass is 329 g/mol. The molecule has 0 aliphatic carbocycles. The van der Waals surface area contributed by atoms with Crippen molar-refractivity contribution in [3.63, 3.8) is 0 Å². The number of rotatable bonds is 8. The van der Waals surface area contributed by atoms with E-state index in [9.17, 15) is 13.2 Å². The topological polar surface area (TPSA) is 72.9 Å². The fraction of sp³-hybridized carbons (Fsp3) is 0.533. The van der Waals surface area contributed by atoms with E-state index in [2.05, 4.69) is 0 Å². The number of sulfonamides is 1. The van der Waals surface area contributed by atoms with Crippen molar-refractivity contribution in [3.05, 3.63) is 24.3 Å². The molecule has 1 aromatic carbocycles. The fourth-order valence-electron chi connectivity index (χ4n) is 1.90. The molecule has 1 atom stereocenters. The third-order valence-electron chi connectivity index (χ3n) is 3.34. The van der Waals surface area contributed by atoms with Crippen molar-refractivity contribution in [3.8, 4) is 5.75 Å². The number of nitrogens with zero attached hydrogens (tertiary/aromatic N) is 1. The lowest BCUT2D eigenvalue weighted by atomic mass is 10.2. The van der Waals surface area contributed by atoms with Crippen molar-refractivity contribution in [2.24, 2.45) is 0 Å². The van der Waals surface area contributed by atoms with Crippen LogP contribution in [0.1, 0.15) is 27.2 Å². The van der Waals surface area contributed by atoms with Gasteiger partial charge in [0.05, 0.1) is 18.6 Å². The van der Waals surface area contributed by atoms with Gasteiger partial charge in [-0.2, -0.15) is 4.31 Å². The normalized spacial score (nSPS) is 13.0. The van der Waals surface area contributed by atoms with Crippen molar-refractivity contribution in [2.45, 2.75) is 38.1 Å². The molecule has 0 N–H and O–H groups in total. The summed E-state index contributed by atoms with van der Waals surface area (Å²) < 4.78 is 36.6. The van der Waals surface area contributed by atoms with Gasteiger partial charge in [-0.3, -0.25) is 4.79 Å². The summed E-state index contributed by atoms with van der Waals surface area (Å²) in [6, 6.07) is 5.78. The molecule has 124 valence electrons. The van der Waals surface area contributed by atoms with Gasteiger partial charge in [0.25, 0.3) is 0 Å². The van der Waals surface area contributed by atoms with Gasteiger partial charge < -0.3 is 9.47 Å². The molecule has 0 spiro atoms. The van der Waals surface area contributed by atoms with Crippen LogP contribution in [-0.4, -0.2) is 45.0 Å². The van der Waals surface area contributed by atoms with Crippen LogP contribution < -0.4 is 4.74 Å². The number of methoxy groups -OCH3 is 1. The molecule has 0 aliphatic heterocycles. The third-order valence-corrected chi connectivity index (χ3v) is 5.31. The van der Waals surface area contributed by atoms with Crippen molar-refractivity contribution >= 4 is 16.0 Å². The molecule has 1 unspecified atom stereocenters. The quantitative estimate of drug-likeness (QED) is 0.683. The minimum Gasteiger partial charge on any atom is -0.497 e. The molecule has 0 saturated heterocycles. The van der Waals surface area contributed by atoms with Gasteiger partial charge in [0.1, 0.15) is 12.3 Å². The van der Waals surface area contributed by atoms with E-state index in [1.807, 2.05) is 6.92 Å². The molecule has 1 rings (SSSR count). The van der Waals surface area contributed by atoms with E-state index < -0.39 is 16.0 Å². The van der Waals surface area contributed by atoms with Gasteiger partial charge in [0.2, 0.25) is 10.0 Å². The molecule has 0 aliphatic rings. The Hall–Kier alpha value is -1.60. The maximum Gasteiger partial charge on any atom is 0.321 e. The van der Waals surface area contributed by atoms with E-state index in [4.69, 9.17) is 9.47 Å². The number of esters is 1. The van der Waals surface area contributed by atoms with Crippen LogP contribution in [0.3, 0.4) is 0 Å². The van der Waals surface area contributed by atoms with Crippen LogP contribution in [0, 0.1) is 0 Å². The van der Waals surface area contributed by atoms with Crippen LogP contribution in [0.2, 0.25) is 0 Å². The van der Waals surface area contributed by atoms with Gasteiger partial charge in [0, 0.05) is 6.04 Å². The summed E-state index contributed by atoms with van der Waals surface area (Å²) in [5.74, 6) is 0.0133. The van der Waals surface area contributed by atoms with Crippen LogP contribution in [0.25, 0.3) is 0 Å². The predicted molar refractivity (Wildman–Crippen MR) is 83.3 cm³/mol. The summed E-state index contributed by atoms with van der Waals surface area (Å²) in [6.45, 7) is 5.24. The average molecular weight is 329 g/mol. The van der Waals surface area contributed by atoms with E-state index >= 15 is 0 Å². The lowest BCUT2D eigenvalue weighted by Crippen LogP contribution is -2.42. The van der Waals surface area contributed by atoms with Gasteiger partial charge in [-0.05, 0) is 44.5 Å². The van der Waals surface area contributed by atoms with Crippen molar-refractivity contribution < 1.29 is 22.7 Å². The summed E-state index contributed by atoms with van der Waals surface area (Å²) in [5.41, 5.74) is 0. The Morgan fingerprint density at radius 1 is 1.23 bits per heavy atom. The highest BCUT2D eigenvalue weighted by atomic mass is 32.2. The lowest BCUT2D eigenvalue weighted by molar-refractivity contribution is -0.143. The number of hydrogen-bond donors (Lipinski definition) is 0. The van der Waals surface area contributed by atoms with Crippen LogP contribution in [-0.2, 0) is 19.6 Å². The second kappa shape index (κ2) is 8.14. The second-order valence-electron chi connectivity index (χ2n) is 4.79. The average Bonchev–Trinajstić information content (AvgIpc) is 2.52. The zero-order chi connectivity index (χ0) is 16.8. The Bertz CT molecular complexity index is 582. The van der Waals surface area contributed by atoms with Crippen molar-refractivity contribution in [2.75, 3.05) is 20.3 Å². The van der Waals surface area contributed by atoms with E-state index in [1.165, 1.54) is 23.5 Å². The highest BCUT2D eigenvalue weighted by Gasteiger charge is 2.30. The zero-order valence-electron chi connectivity index (χ0n) is 13.4. The Balaban J connectivity index is 3.11. The maximum atomic E-state index is 12.7. The van der Waals surface area contributed by atoms with Gasteiger partial charge >= 0.3 is 5.97 Å². The molecule has 0 bridgehead atoms. The highest BCUT2D eigenvalue weighted by molar-refractivity contribution is 7.89. The molecule has 0 fully saturated rings. The molecule has 22 heavy (non-hydrogen) atoms. The first-order valence-corrected chi connectivity index (χ1v) is 8.62. The number of carbonyl (C=O) groups is 1. The van der Waals surface area contributed by atoms with E-state index in [0.717, 1.165) is 0 Å². The Morgan fingerprint density at radius 3 is 2.27 bits per heavy atom. The fourth-order valence-corrected chi connectivity index (χ4v) is 3.55. The van der Waals surface area contributed by atoms with Gasteiger partial charge in [0.15, 0.2) is 0 Å². The SMILES string of the molecule is CCOC(=O)CN(C(C)CC)S(=O)(=O)c1ccc(OC)cc1. The van der Waals surface area contributed by atoms with E-state index in [-0.39, 0.29) is 24.1 Å². The molecule has 0 heterocycles. The molecule has 1 aromatic rings. The Morgan fingerprint density at radius 2 is 1.82 bits per heavy atom.